The van der Waals surface area contributed by atoms with Gasteiger partial charge in [-0.25, -0.2) is 4.99 Å². The summed E-state index contributed by atoms with van der Waals surface area (Å²) in [7, 11) is 0. The molecule has 0 spiro atoms. The number of aliphatic imine (C=N–C) groups is 2. The molecule has 0 saturated heterocycles. The topological polar surface area (TPSA) is 38.8 Å². The number of allylic oxidation sites excluding steroid dienone is 5. The minimum Gasteiger partial charge on any atom is -0.664 e. The summed E-state index contributed by atoms with van der Waals surface area (Å²) < 4.78 is 0. The molecule has 1 aromatic heterocycles. The Morgan fingerprint density at radius 2 is 1.33 bits per heavy atom. The first-order valence-electron chi connectivity index (χ1n) is 12.9. The smallest absolute Gasteiger partial charge is 0.664 e. The van der Waals surface area contributed by atoms with Crippen molar-refractivity contribution in [3.05, 3.63) is 97.0 Å². The van der Waals surface area contributed by atoms with Crippen LogP contribution in [0.2, 0.25) is 0 Å². The van der Waals surface area contributed by atoms with Gasteiger partial charge in [-0.1, -0.05) is 51.0 Å². The first kappa shape index (κ1) is 26.3. The second kappa shape index (κ2) is 10.7. The summed E-state index contributed by atoms with van der Waals surface area (Å²) in [5.74, 6) is 0. The van der Waals surface area contributed by atoms with Crippen molar-refractivity contribution in [1.29, 1.82) is 0 Å². The van der Waals surface area contributed by atoms with Crippen LogP contribution >= 0.6 is 0 Å². The Hall–Kier alpha value is -2.80. The molecular formula is C32H33N3Pd. The SMILES string of the molecule is CCC1=C(C)C2=Cc3[c-]c(ccc3)C=c3[n-]c(c(CC)c3C)=CC3=NC(=CC1=N2)C(CC)=C3CC.[Pd+2]. The average Bonchev–Trinajstić information content (AvgIpc) is 3.44. The Morgan fingerprint density at radius 1 is 0.694 bits per heavy atom. The van der Waals surface area contributed by atoms with Crippen LogP contribution in [-0.2, 0) is 26.8 Å². The van der Waals surface area contributed by atoms with Crippen molar-refractivity contribution < 1.29 is 20.4 Å². The molecular weight excluding hydrogens is 533 g/mol. The summed E-state index contributed by atoms with van der Waals surface area (Å²) in [6.07, 6.45) is 12.5. The summed E-state index contributed by atoms with van der Waals surface area (Å²) in [6.45, 7) is 13.2. The Kier molecular flexibility index (Phi) is 7.79. The van der Waals surface area contributed by atoms with Crippen LogP contribution < -0.4 is 15.7 Å². The maximum atomic E-state index is 5.16. The molecule has 3 nitrogen and oxygen atoms in total. The molecule has 2 aromatic rings. The monoisotopic (exact) mass is 565 g/mol. The molecule has 0 saturated carbocycles. The van der Waals surface area contributed by atoms with Gasteiger partial charge < -0.3 is 4.98 Å². The predicted molar refractivity (Wildman–Crippen MR) is 148 cm³/mol. The summed E-state index contributed by atoms with van der Waals surface area (Å²) in [4.78, 5) is 15.3. The molecule has 1 aromatic carbocycles. The molecule has 0 fully saturated rings. The van der Waals surface area contributed by atoms with Crippen LogP contribution in [0.3, 0.4) is 0 Å². The number of benzene rings is 1. The molecule has 0 radical (unpaired) electrons. The summed E-state index contributed by atoms with van der Waals surface area (Å²) in [5, 5.41) is 2.05. The van der Waals surface area contributed by atoms with Crippen LogP contribution in [0.1, 0.15) is 76.1 Å². The molecule has 186 valence electrons. The summed E-state index contributed by atoms with van der Waals surface area (Å²) in [5.41, 5.74) is 13.9. The molecule has 0 unspecified atom stereocenters. The molecule has 3 aliphatic heterocycles. The second-order valence-corrected chi connectivity index (χ2v) is 9.36. The number of fused-ring (bicyclic) bond motifs is 6. The molecule has 36 heavy (non-hydrogen) atoms. The minimum atomic E-state index is 0. The van der Waals surface area contributed by atoms with Gasteiger partial charge in [0.25, 0.3) is 0 Å². The van der Waals surface area contributed by atoms with E-state index in [0.29, 0.717) is 0 Å². The van der Waals surface area contributed by atoms with Gasteiger partial charge in [0, 0.05) is 5.70 Å². The van der Waals surface area contributed by atoms with E-state index in [4.69, 9.17) is 15.0 Å². The Morgan fingerprint density at radius 3 is 2.00 bits per heavy atom. The Labute approximate surface area is 228 Å². The normalized spacial score (nSPS) is 16.6. The first-order valence-corrected chi connectivity index (χ1v) is 12.9. The van der Waals surface area contributed by atoms with Crippen molar-refractivity contribution in [3.63, 3.8) is 0 Å². The van der Waals surface area contributed by atoms with Crippen molar-refractivity contribution in [3.8, 4) is 0 Å². The van der Waals surface area contributed by atoms with Crippen LogP contribution in [-0.4, -0.2) is 11.4 Å². The standard InChI is InChI=1S/C32H33N3.Pd/c1-7-23-19(5)27-15-21-12-11-13-22(14-21)16-28-20(6)24(8-2)30(34-28)18-32-26(10-4)25(9-3)31(35-32)17-29(23)33-27;/h11-13,15-18H,7-10H2,1-6H3;/q-2;+2. The summed E-state index contributed by atoms with van der Waals surface area (Å²) >= 11 is 0. The molecule has 3 aliphatic rings. The molecule has 4 heteroatoms. The van der Waals surface area contributed by atoms with Gasteiger partial charge in [-0.2, -0.15) is 5.35 Å². The van der Waals surface area contributed by atoms with Gasteiger partial charge in [-0.3, -0.25) is 4.99 Å². The minimum absolute atomic E-state index is 0. The molecule has 0 atom stereocenters. The van der Waals surface area contributed by atoms with E-state index in [1.54, 1.807) is 0 Å². The number of hydrogen-bond acceptors (Lipinski definition) is 2. The van der Waals surface area contributed by atoms with Crippen LogP contribution in [0.5, 0.6) is 0 Å². The van der Waals surface area contributed by atoms with Gasteiger partial charge in [0.2, 0.25) is 0 Å². The zero-order valence-electron chi connectivity index (χ0n) is 22.0. The average molecular weight is 566 g/mol. The third-order valence-corrected chi connectivity index (χ3v) is 7.38. The van der Waals surface area contributed by atoms with Crippen LogP contribution in [0.25, 0.3) is 18.2 Å². The van der Waals surface area contributed by atoms with E-state index in [2.05, 4.69) is 90.1 Å². The maximum absolute atomic E-state index is 5.16. The van der Waals surface area contributed by atoms with Crippen molar-refractivity contribution in [2.45, 2.75) is 67.2 Å². The first-order chi connectivity index (χ1) is 17.0. The van der Waals surface area contributed by atoms with Crippen LogP contribution in [0, 0.1) is 13.0 Å². The van der Waals surface area contributed by atoms with E-state index in [9.17, 15) is 0 Å². The molecule has 8 bridgehead atoms. The molecule has 0 amide bonds. The third kappa shape index (κ3) is 4.54. The molecule has 4 heterocycles. The largest absolute Gasteiger partial charge is 2.00 e. The number of nitrogens with zero attached hydrogens (tertiary/aromatic N) is 3. The van der Waals surface area contributed by atoms with Crippen molar-refractivity contribution in [2.24, 2.45) is 9.98 Å². The zero-order chi connectivity index (χ0) is 24.7. The maximum Gasteiger partial charge on any atom is 2.00 e. The number of aromatic nitrogens is 1. The third-order valence-electron chi connectivity index (χ3n) is 7.38. The van der Waals surface area contributed by atoms with Crippen molar-refractivity contribution in [1.82, 2.24) is 4.98 Å². The van der Waals surface area contributed by atoms with E-state index in [1.807, 2.05) is 0 Å². The molecule has 0 N–H and O–H groups in total. The van der Waals surface area contributed by atoms with Gasteiger partial charge >= 0.3 is 20.4 Å². The fraction of sp³-hybridized carbons (Fsp3) is 0.312. The molecule has 0 aliphatic carbocycles. The van der Waals surface area contributed by atoms with Gasteiger partial charge in [-0.15, -0.1) is 46.8 Å². The fourth-order valence-corrected chi connectivity index (χ4v) is 5.50. The van der Waals surface area contributed by atoms with E-state index in [-0.39, 0.29) is 20.4 Å². The zero-order valence-corrected chi connectivity index (χ0v) is 23.6. The predicted octanol–water partition coefficient (Wildman–Crippen LogP) is 5.91. The van der Waals surface area contributed by atoms with Gasteiger partial charge in [0.05, 0.1) is 17.1 Å². The fourth-order valence-electron chi connectivity index (χ4n) is 5.50. The van der Waals surface area contributed by atoms with Gasteiger partial charge in [0.15, 0.2) is 0 Å². The second-order valence-electron chi connectivity index (χ2n) is 9.36. The van der Waals surface area contributed by atoms with Gasteiger partial charge in [0.1, 0.15) is 0 Å². The van der Waals surface area contributed by atoms with E-state index < -0.39 is 0 Å². The van der Waals surface area contributed by atoms with E-state index in [1.165, 1.54) is 33.4 Å². The Bertz CT molecular complexity index is 1530. The number of rotatable bonds is 4. The van der Waals surface area contributed by atoms with E-state index >= 15 is 0 Å². The van der Waals surface area contributed by atoms with E-state index in [0.717, 1.165) is 70.3 Å². The van der Waals surface area contributed by atoms with Gasteiger partial charge in [-0.05, 0) is 67.9 Å². The Balaban J connectivity index is 0.00000304. The summed E-state index contributed by atoms with van der Waals surface area (Å²) in [6, 6.07) is 9.85. The van der Waals surface area contributed by atoms with Crippen LogP contribution in [0.4, 0.5) is 0 Å². The number of hydrogen-bond donors (Lipinski definition) is 0. The van der Waals surface area contributed by atoms with Crippen molar-refractivity contribution >= 4 is 29.7 Å². The van der Waals surface area contributed by atoms with Crippen LogP contribution in [0.15, 0.2) is 67.9 Å². The molecule has 5 rings (SSSR count). The van der Waals surface area contributed by atoms with Crippen molar-refractivity contribution in [2.75, 3.05) is 0 Å². The quantitative estimate of drug-likeness (QED) is 0.335.